The molecule has 1 fully saturated rings. The summed E-state index contributed by atoms with van der Waals surface area (Å²) in [6, 6.07) is 8.86. The fraction of sp³-hybridized carbons (Fsp3) is 0.286. The zero-order valence-corrected chi connectivity index (χ0v) is 10.1. The van der Waals surface area contributed by atoms with Gasteiger partial charge < -0.3 is 4.98 Å². The van der Waals surface area contributed by atoms with Gasteiger partial charge in [0.15, 0.2) is 0 Å². The van der Waals surface area contributed by atoms with Gasteiger partial charge in [-0.1, -0.05) is 6.07 Å². The van der Waals surface area contributed by atoms with Gasteiger partial charge in [-0.2, -0.15) is 0 Å². The summed E-state index contributed by atoms with van der Waals surface area (Å²) in [6.45, 7) is 2.14. The van der Waals surface area contributed by atoms with Crippen molar-refractivity contribution >= 4 is 12.6 Å². The normalized spacial score (nSPS) is 18.6. The van der Waals surface area contributed by atoms with Crippen LogP contribution in [0.4, 0.5) is 0 Å². The third kappa shape index (κ3) is 0.897. The molecule has 0 saturated heterocycles. The van der Waals surface area contributed by atoms with Crippen molar-refractivity contribution in [3.05, 3.63) is 41.1 Å². The number of aryl methyl sites for hydroxylation is 1. The number of aromatic nitrogens is 1. The Balaban J connectivity index is 2.10. The molecule has 80 valence electrons. The zero-order chi connectivity index (χ0) is 10.9. The molecule has 0 amide bonds. The Morgan fingerprint density at radius 1 is 1.19 bits per heavy atom. The van der Waals surface area contributed by atoms with E-state index in [4.69, 9.17) is 0 Å². The molecule has 1 spiro atoms. The van der Waals surface area contributed by atoms with Crippen molar-refractivity contribution in [1.29, 1.82) is 0 Å². The van der Waals surface area contributed by atoms with Crippen LogP contribution in [0.1, 0.15) is 29.7 Å². The highest BCUT2D eigenvalue weighted by molar-refractivity contribution is 7.80. The van der Waals surface area contributed by atoms with E-state index < -0.39 is 0 Å². The van der Waals surface area contributed by atoms with E-state index in [-0.39, 0.29) is 0 Å². The lowest BCUT2D eigenvalue weighted by Crippen LogP contribution is -2.02. The smallest absolute Gasteiger partial charge is 0.0500 e. The molecular formula is C14H13NS. The van der Waals surface area contributed by atoms with Gasteiger partial charge in [0.1, 0.15) is 0 Å². The average Bonchev–Trinajstić information content (AvgIpc) is 2.91. The number of thiol groups is 1. The van der Waals surface area contributed by atoms with Crippen LogP contribution >= 0.6 is 12.6 Å². The molecule has 2 heteroatoms. The second-order valence-electron chi connectivity index (χ2n) is 5.05. The lowest BCUT2D eigenvalue weighted by Gasteiger charge is -2.09. The summed E-state index contributed by atoms with van der Waals surface area (Å²) in [5.41, 5.74) is 7.35. The van der Waals surface area contributed by atoms with Crippen LogP contribution in [-0.2, 0) is 5.41 Å². The molecule has 0 bridgehead atoms. The van der Waals surface area contributed by atoms with Gasteiger partial charge in [0.2, 0.25) is 0 Å². The van der Waals surface area contributed by atoms with Crippen molar-refractivity contribution in [2.45, 2.75) is 30.1 Å². The number of nitrogens with one attached hydrogen (secondary N) is 1. The Labute approximate surface area is 100 Å². The maximum Gasteiger partial charge on any atom is 0.0500 e. The van der Waals surface area contributed by atoms with Crippen LogP contribution < -0.4 is 0 Å². The monoisotopic (exact) mass is 227 g/mol. The molecule has 1 nitrogen and oxygen atoms in total. The van der Waals surface area contributed by atoms with Crippen molar-refractivity contribution in [1.82, 2.24) is 4.98 Å². The van der Waals surface area contributed by atoms with Crippen molar-refractivity contribution in [2.24, 2.45) is 0 Å². The van der Waals surface area contributed by atoms with Gasteiger partial charge in [-0.3, -0.25) is 0 Å². The SMILES string of the molecule is Cc1cc2c([nH]1)-c1ccc(S)cc1C21CC1. The van der Waals surface area contributed by atoms with Gasteiger partial charge in [0.25, 0.3) is 0 Å². The minimum Gasteiger partial charge on any atom is -0.358 e. The van der Waals surface area contributed by atoms with Gasteiger partial charge in [-0.15, -0.1) is 12.6 Å². The van der Waals surface area contributed by atoms with Crippen LogP contribution in [0, 0.1) is 6.92 Å². The number of hydrogen-bond donors (Lipinski definition) is 2. The van der Waals surface area contributed by atoms with E-state index in [0.29, 0.717) is 5.41 Å². The number of aromatic amines is 1. The Hall–Kier alpha value is -1.15. The van der Waals surface area contributed by atoms with Crippen LogP contribution in [0.15, 0.2) is 29.2 Å². The maximum absolute atomic E-state index is 4.46. The molecule has 2 aliphatic rings. The highest BCUT2D eigenvalue weighted by atomic mass is 32.1. The van der Waals surface area contributed by atoms with Crippen molar-refractivity contribution in [3.63, 3.8) is 0 Å². The third-order valence-corrected chi connectivity index (χ3v) is 4.28. The molecule has 0 unspecified atom stereocenters. The fourth-order valence-electron chi connectivity index (χ4n) is 3.13. The average molecular weight is 227 g/mol. The number of rotatable bonds is 0. The molecule has 0 atom stereocenters. The van der Waals surface area contributed by atoms with Crippen LogP contribution in [0.2, 0.25) is 0 Å². The second kappa shape index (κ2) is 2.57. The molecule has 1 N–H and O–H groups in total. The molecule has 2 aromatic rings. The van der Waals surface area contributed by atoms with Crippen LogP contribution in [-0.4, -0.2) is 4.98 Å². The van der Waals surface area contributed by atoms with Gasteiger partial charge in [-0.25, -0.2) is 0 Å². The topological polar surface area (TPSA) is 15.8 Å². The molecule has 0 radical (unpaired) electrons. The van der Waals surface area contributed by atoms with E-state index in [1.807, 2.05) is 0 Å². The van der Waals surface area contributed by atoms with Gasteiger partial charge >= 0.3 is 0 Å². The first-order valence-electron chi connectivity index (χ1n) is 5.75. The minimum atomic E-state index is 0.341. The molecular weight excluding hydrogens is 214 g/mol. The third-order valence-electron chi connectivity index (χ3n) is 4.01. The number of H-pyrrole nitrogens is 1. The Kier molecular flexibility index (Phi) is 1.43. The minimum absolute atomic E-state index is 0.341. The summed E-state index contributed by atoms with van der Waals surface area (Å²) < 4.78 is 0. The van der Waals surface area contributed by atoms with Gasteiger partial charge in [0.05, 0.1) is 5.69 Å². The van der Waals surface area contributed by atoms with E-state index in [1.165, 1.54) is 40.9 Å². The molecule has 2 aliphatic carbocycles. The molecule has 1 saturated carbocycles. The summed E-state index contributed by atoms with van der Waals surface area (Å²) in [4.78, 5) is 4.58. The van der Waals surface area contributed by atoms with Crippen molar-refractivity contribution in [2.75, 3.05) is 0 Å². The van der Waals surface area contributed by atoms with E-state index in [9.17, 15) is 0 Å². The van der Waals surface area contributed by atoms with Crippen molar-refractivity contribution < 1.29 is 0 Å². The van der Waals surface area contributed by atoms with E-state index in [1.54, 1.807) is 0 Å². The first-order valence-corrected chi connectivity index (χ1v) is 6.19. The molecule has 1 aromatic heterocycles. The lowest BCUT2D eigenvalue weighted by atomic mass is 9.94. The molecule has 4 rings (SSSR count). The molecule has 1 heterocycles. The predicted molar refractivity (Wildman–Crippen MR) is 68.2 cm³/mol. The van der Waals surface area contributed by atoms with Crippen LogP contribution in [0.3, 0.4) is 0 Å². The molecule has 1 aromatic carbocycles. The summed E-state index contributed by atoms with van der Waals surface area (Å²) in [5, 5.41) is 0. The van der Waals surface area contributed by atoms with E-state index in [2.05, 4.69) is 48.8 Å². The van der Waals surface area contributed by atoms with Crippen LogP contribution in [0.5, 0.6) is 0 Å². The first-order chi connectivity index (χ1) is 7.71. The largest absolute Gasteiger partial charge is 0.358 e. The Morgan fingerprint density at radius 3 is 2.75 bits per heavy atom. The fourth-order valence-corrected chi connectivity index (χ4v) is 3.34. The summed E-state index contributed by atoms with van der Waals surface area (Å²) in [7, 11) is 0. The van der Waals surface area contributed by atoms with Crippen LogP contribution in [0.25, 0.3) is 11.3 Å². The standard InChI is InChI=1S/C14H13NS/c1-8-6-12-13(15-8)10-3-2-9(16)7-11(10)14(12)4-5-14/h2-3,6-7,15-16H,4-5H2,1H3. The maximum atomic E-state index is 4.46. The predicted octanol–water partition coefficient (Wildman–Crippen LogP) is 3.67. The van der Waals surface area contributed by atoms with Gasteiger partial charge in [0, 0.05) is 21.6 Å². The molecule has 0 aliphatic heterocycles. The van der Waals surface area contributed by atoms with E-state index in [0.717, 1.165) is 4.90 Å². The summed E-state index contributed by atoms with van der Waals surface area (Å²) in [5.74, 6) is 0. The Morgan fingerprint density at radius 2 is 2.00 bits per heavy atom. The molecule has 16 heavy (non-hydrogen) atoms. The zero-order valence-electron chi connectivity index (χ0n) is 9.17. The summed E-state index contributed by atoms with van der Waals surface area (Å²) in [6.07, 6.45) is 2.59. The summed E-state index contributed by atoms with van der Waals surface area (Å²) >= 11 is 4.46. The highest BCUT2D eigenvalue weighted by Crippen LogP contribution is 2.62. The highest BCUT2D eigenvalue weighted by Gasteiger charge is 2.53. The number of hydrogen-bond acceptors (Lipinski definition) is 1. The number of benzene rings is 1. The Bertz CT molecular complexity index is 605. The van der Waals surface area contributed by atoms with Gasteiger partial charge in [-0.05, 0) is 49.1 Å². The first kappa shape index (κ1) is 8.94. The number of fused-ring (bicyclic) bond motifs is 5. The van der Waals surface area contributed by atoms with Crippen molar-refractivity contribution in [3.8, 4) is 11.3 Å². The van der Waals surface area contributed by atoms with E-state index >= 15 is 0 Å². The quantitative estimate of drug-likeness (QED) is 0.639. The second-order valence-corrected chi connectivity index (χ2v) is 5.57. The lowest BCUT2D eigenvalue weighted by molar-refractivity contribution is 0.877.